The van der Waals surface area contributed by atoms with Crippen LogP contribution in [-0.2, 0) is 11.2 Å². The molecule has 22 heavy (non-hydrogen) atoms. The highest BCUT2D eigenvalue weighted by atomic mass is 16.5. The number of aromatic nitrogens is 2. The van der Waals surface area contributed by atoms with Gasteiger partial charge in [0.25, 0.3) is 0 Å². The van der Waals surface area contributed by atoms with Crippen molar-refractivity contribution in [1.82, 2.24) is 10.1 Å². The second-order valence-corrected chi connectivity index (χ2v) is 6.05. The van der Waals surface area contributed by atoms with Crippen LogP contribution in [0, 0.1) is 0 Å². The molecule has 1 amide bonds. The molecule has 1 atom stereocenters. The van der Waals surface area contributed by atoms with Crippen molar-refractivity contribution in [2.45, 2.75) is 44.6 Å². The molecule has 0 radical (unpaired) electrons. The average Bonchev–Trinajstić information content (AvgIpc) is 3.24. The fraction of sp³-hybridized carbons (Fsp3) is 0.438. The van der Waals surface area contributed by atoms with Crippen LogP contribution in [0.4, 0.5) is 11.4 Å². The molecule has 1 aliphatic heterocycles. The maximum absolute atomic E-state index is 11.4. The first-order chi connectivity index (χ1) is 10.7. The van der Waals surface area contributed by atoms with E-state index in [0.717, 1.165) is 42.0 Å². The number of nitrogens with one attached hydrogen (secondary N) is 2. The number of aryl methyl sites for hydroxylation is 1. The smallest absolute Gasteiger partial charge is 0.248 e. The van der Waals surface area contributed by atoms with Crippen LogP contribution in [0.25, 0.3) is 0 Å². The van der Waals surface area contributed by atoms with E-state index >= 15 is 0 Å². The summed E-state index contributed by atoms with van der Waals surface area (Å²) in [5.41, 5.74) is 3.05. The molecule has 2 heterocycles. The van der Waals surface area contributed by atoms with E-state index in [2.05, 4.69) is 26.8 Å². The SMILES string of the molecule is CC(Nc1ccc2c(c1)CCC(=O)N2)c1nc(C2CC2)no1. The highest BCUT2D eigenvalue weighted by Gasteiger charge is 2.29. The Balaban J connectivity index is 1.48. The third-order valence-electron chi connectivity index (χ3n) is 4.15. The minimum Gasteiger partial charge on any atom is -0.374 e. The van der Waals surface area contributed by atoms with Crippen LogP contribution in [0.2, 0.25) is 0 Å². The summed E-state index contributed by atoms with van der Waals surface area (Å²) >= 11 is 0. The monoisotopic (exact) mass is 298 g/mol. The molecule has 6 nitrogen and oxygen atoms in total. The highest BCUT2D eigenvalue weighted by molar-refractivity contribution is 5.94. The van der Waals surface area contributed by atoms with Crippen molar-refractivity contribution in [3.8, 4) is 0 Å². The number of benzene rings is 1. The predicted octanol–water partition coefficient (Wildman–Crippen LogP) is 3.00. The Morgan fingerprint density at radius 2 is 2.23 bits per heavy atom. The maximum atomic E-state index is 11.4. The fourth-order valence-electron chi connectivity index (χ4n) is 2.72. The molecular weight excluding hydrogens is 280 g/mol. The molecule has 1 saturated carbocycles. The van der Waals surface area contributed by atoms with Gasteiger partial charge in [-0.3, -0.25) is 4.79 Å². The van der Waals surface area contributed by atoms with Crippen molar-refractivity contribution < 1.29 is 9.32 Å². The molecular formula is C16H18N4O2. The zero-order chi connectivity index (χ0) is 15.1. The predicted molar refractivity (Wildman–Crippen MR) is 81.7 cm³/mol. The molecule has 1 aliphatic carbocycles. The van der Waals surface area contributed by atoms with Gasteiger partial charge in [-0.2, -0.15) is 4.98 Å². The zero-order valence-corrected chi connectivity index (χ0v) is 12.4. The van der Waals surface area contributed by atoms with E-state index < -0.39 is 0 Å². The highest BCUT2D eigenvalue weighted by Crippen LogP contribution is 2.38. The average molecular weight is 298 g/mol. The van der Waals surface area contributed by atoms with Crippen LogP contribution in [0.1, 0.15) is 55.4 Å². The summed E-state index contributed by atoms with van der Waals surface area (Å²) < 4.78 is 5.35. The largest absolute Gasteiger partial charge is 0.374 e. The molecule has 1 aromatic carbocycles. The topological polar surface area (TPSA) is 80.0 Å². The van der Waals surface area contributed by atoms with E-state index in [0.29, 0.717) is 18.2 Å². The molecule has 2 N–H and O–H groups in total. The van der Waals surface area contributed by atoms with Crippen LogP contribution in [0.15, 0.2) is 22.7 Å². The van der Waals surface area contributed by atoms with Crippen LogP contribution < -0.4 is 10.6 Å². The van der Waals surface area contributed by atoms with Gasteiger partial charge in [0.05, 0.1) is 0 Å². The van der Waals surface area contributed by atoms with Gasteiger partial charge in [-0.15, -0.1) is 0 Å². The summed E-state index contributed by atoms with van der Waals surface area (Å²) in [5.74, 6) is 2.03. The van der Waals surface area contributed by atoms with E-state index in [9.17, 15) is 4.79 Å². The minimum atomic E-state index is -0.0452. The number of carbonyl (C=O) groups excluding carboxylic acids is 1. The molecule has 1 unspecified atom stereocenters. The van der Waals surface area contributed by atoms with E-state index in [-0.39, 0.29) is 11.9 Å². The van der Waals surface area contributed by atoms with Gasteiger partial charge in [-0.1, -0.05) is 5.16 Å². The fourth-order valence-corrected chi connectivity index (χ4v) is 2.72. The van der Waals surface area contributed by atoms with Crippen molar-refractivity contribution in [1.29, 1.82) is 0 Å². The number of amides is 1. The van der Waals surface area contributed by atoms with Gasteiger partial charge in [0.2, 0.25) is 11.8 Å². The van der Waals surface area contributed by atoms with Gasteiger partial charge in [0, 0.05) is 23.7 Å². The Morgan fingerprint density at radius 1 is 1.36 bits per heavy atom. The second-order valence-electron chi connectivity index (χ2n) is 6.05. The van der Waals surface area contributed by atoms with Gasteiger partial charge in [-0.25, -0.2) is 0 Å². The molecule has 6 heteroatoms. The van der Waals surface area contributed by atoms with Crippen molar-refractivity contribution in [2.24, 2.45) is 0 Å². The summed E-state index contributed by atoms with van der Waals surface area (Å²) in [6.45, 7) is 2.01. The summed E-state index contributed by atoms with van der Waals surface area (Å²) in [6.07, 6.45) is 3.65. The Morgan fingerprint density at radius 3 is 3.05 bits per heavy atom. The molecule has 0 saturated heterocycles. The molecule has 0 bridgehead atoms. The molecule has 1 aromatic heterocycles. The number of carbonyl (C=O) groups is 1. The van der Waals surface area contributed by atoms with Crippen LogP contribution in [0.5, 0.6) is 0 Å². The quantitative estimate of drug-likeness (QED) is 0.907. The second kappa shape index (κ2) is 5.12. The summed E-state index contributed by atoms with van der Waals surface area (Å²) in [5, 5.41) is 10.3. The van der Waals surface area contributed by atoms with Crippen molar-refractivity contribution in [3.63, 3.8) is 0 Å². The van der Waals surface area contributed by atoms with E-state index in [1.807, 2.05) is 19.1 Å². The third-order valence-corrected chi connectivity index (χ3v) is 4.15. The van der Waals surface area contributed by atoms with E-state index in [4.69, 9.17) is 4.52 Å². The zero-order valence-electron chi connectivity index (χ0n) is 12.4. The standard InChI is InChI=1S/C16H18N4O2/c1-9(16-19-15(20-22-16)10-2-3-10)17-12-5-6-13-11(8-12)4-7-14(21)18-13/h5-6,8-10,17H,2-4,7H2,1H3,(H,18,21). The number of rotatable bonds is 4. The Kier molecular flexibility index (Phi) is 3.10. The lowest BCUT2D eigenvalue weighted by molar-refractivity contribution is -0.116. The van der Waals surface area contributed by atoms with Gasteiger partial charge < -0.3 is 15.2 Å². The number of anilines is 2. The van der Waals surface area contributed by atoms with Gasteiger partial charge in [0.1, 0.15) is 6.04 Å². The van der Waals surface area contributed by atoms with Gasteiger partial charge in [0.15, 0.2) is 5.82 Å². The number of fused-ring (bicyclic) bond motifs is 1. The first-order valence-electron chi connectivity index (χ1n) is 7.72. The molecule has 2 aliphatic rings. The number of hydrogen-bond acceptors (Lipinski definition) is 5. The van der Waals surface area contributed by atoms with Gasteiger partial charge in [-0.05, 0) is 49.9 Å². The first kappa shape index (κ1) is 13.3. The minimum absolute atomic E-state index is 0.0452. The number of hydrogen-bond donors (Lipinski definition) is 2. The van der Waals surface area contributed by atoms with Crippen molar-refractivity contribution in [2.75, 3.05) is 10.6 Å². The third kappa shape index (κ3) is 2.56. The lowest BCUT2D eigenvalue weighted by Gasteiger charge is -2.19. The first-order valence-corrected chi connectivity index (χ1v) is 7.72. The summed E-state index contributed by atoms with van der Waals surface area (Å²) in [6, 6.07) is 5.92. The van der Waals surface area contributed by atoms with E-state index in [1.165, 1.54) is 0 Å². The van der Waals surface area contributed by atoms with Crippen LogP contribution >= 0.6 is 0 Å². The lowest BCUT2D eigenvalue weighted by Crippen LogP contribution is -2.19. The van der Waals surface area contributed by atoms with Crippen molar-refractivity contribution >= 4 is 17.3 Å². The summed E-state index contributed by atoms with van der Waals surface area (Å²) in [4.78, 5) is 15.9. The molecule has 2 aromatic rings. The Bertz CT molecular complexity index is 721. The summed E-state index contributed by atoms with van der Waals surface area (Å²) in [7, 11) is 0. The van der Waals surface area contributed by atoms with E-state index in [1.54, 1.807) is 0 Å². The molecule has 4 rings (SSSR count). The Labute approximate surface area is 128 Å². The normalized spacial score (nSPS) is 18.5. The lowest BCUT2D eigenvalue weighted by atomic mass is 10.0. The van der Waals surface area contributed by atoms with Crippen molar-refractivity contribution in [3.05, 3.63) is 35.5 Å². The molecule has 1 fully saturated rings. The Hall–Kier alpha value is -2.37. The van der Waals surface area contributed by atoms with Crippen LogP contribution in [-0.4, -0.2) is 16.0 Å². The number of nitrogens with zero attached hydrogens (tertiary/aromatic N) is 2. The van der Waals surface area contributed by atoms with Crippen LogP contribution in [0.3, 0.4) is 0 Å². The molecule has 114 valence electrons. The van der Waals surface area contributed by atoms with Gasteiger partial charge >= 0.3 is 0 Å². The molecule has 0 spiro atoms. The maximum Gasteiger partial charge on any atom is 0.248 e.